The van der Waals surface area contributed by atoms with E-state index in [0.717, 1.165) is 0 Å². The van der Waals surface area contributed by atoms with Crippen LogP contribution in [0.3, 0.4) is 0 Å². The molecule has 0 aliphatic carbocycles. The van der Waals surface area contributed by atoms with Gasteiger partial charge < -0.3 is 10.5 Å². The van der Waals surface area contributed by atoms with Gasteiger partial charge in [-0.3, -0.25) is 4.79 Å². The Morgan fingerprint density at radius 1 is 1.75 bits per heavy atom. The second kappa shape index (κ2) is 5.00. The monoisotopic (exact) mass is 155 g/mol. The van der Waals surface area contributed by atoms with Crippen LogP contribution in [0.2, 0.25) is 0 Å². The molecule has 1 amide bonds. The SMILES string of the molecule is CC(C)OC([NH-])=O.[HH].[V]. The Morgan fingerprint density at radius 3 is 2.12 bits per heavy atom. The number of carbonyl (C=O) groups excluding carboxylic acids is 1. The maximum atomic E-state index is 9.70. The molecule has 0 aliphatic heterocycles. The van der Waals surface area contributed by atoms with Gasteiger partial charge in [0.05, 0.1) is 6.10 Å². The van der Waals surface area contributed by atoms with E-state index in [2.05, 4.69) is 4.74 Å². The van der Waals surface area contributed by atoms with Gasteiger partial charge in [-0.05, 0) is 13.8 Å². The fourth-order valence-electron chi connectivity index (χ4n) is 0.214. The summed E-state index contributed by atoms with van der Waals surface area (Å²) in [6.07, 6.45) is -1.13. The third-order valence-electron chi connectivity index (χ3n) is 0.343. The molecule has 0 unspecified atom stereocenters. The largest absolute Gasteiger partial charge is 0.632 e. The molecule has 4 heteroatoms. The van der Waals surface area contributed by atoms with Gasteiger partial charge >= 0.3 is 0 Å². The zero-order chi connectivity index (χ0) is 5.86. The molecule has 0 spiro atoms. The summed E-state index contributed by atoms with van der Waals surface area (Å²) in [6.45, 7) is 3.40. The number of nitrogens with one attached hydrogen (secondary N) is 1. The molecule has 1 N–H and O–H groups in total. The molecule has 0 fully saturated rings. The van der Waals surface area contributed by atoms with E-state index in [1.807, 2.05) is 0 Å². The third kappa shape index (κ3) is 9.29. The van der Waals surface area contributed by atoms with Gasteiger partial charge in [-0.1, -0.05) is 0 Å². The number of hydrogen-bond donors (Lipinski definition) is 0. The second-order valence-corrected chi connectivity index (χ2v) is 1.45. The van der Waals surface area contributed by atoms with Crippen LogP contribution in [0, 0.1) is 0 Å². The molecule has 0 aromatic rings. The van der Waals surface area contributed by atoms with Crippen molar-refractivity contribution in [3.05, 3.63) is 5.73 Å². The summed E-state index contributed by atoms with van der Waals surface area (Å²) in [7, 11) is 0. The standard InChI is InChI=1S/C4H9NO2.V.H2/c1-3(2)7-4(5)6;;/h3H,1-2H3,(H2,5,6);;1H/p-1. The summed E-state index contributed by atoms with van der Waals surface area (Å²) in [4.78, 5) is 9.70. The third-order valence-corrected chi connectivity index (χ3v) is 0.343. The zero-order valence-corrected chi connectivity index (χ0v) is 6.24. The van der Waals surface area contributed by atoms with Gasteiger partial charge in [-0.15, -0.1) is 0 Å². The first-order valence-electron chi connectivity index (χ1n) is 2.05. The van der Waals surface area contributed by atoms with Crippen molar-refractivity contribution in [3.8, 4) is 0 Å². The van der Waals surface area contributed by atoms with E-state index in [1.54, 1.807) is 13.8 Å². The summed E-state index contributed by atoms with van der Waals surface area (Å²) in [6, 6.07) is 0. The van der Waals surface area contributed by atoms with E-state index in [-0.39, 0.29) is 26.1 Å². The average Bonchev–Trinajstić information content (AvgIpc) is 1.27. The summed E-state index contributed by atoms with van der Waals surface area (Å²) < 4.78 is 4.28. The molecule has 0 bridgehead atoms. The van der Waals surface area contributed by atoms with Crippen molar-refractivity contribution in [2.24, 2.45) is 0 Å². The minimum atomic E-state index is -0.963. The van der Waals surface area contributed by atoms with Crippen molar-refractivity contribution >= 4 is 6.09 Å². The van der Waals surface area contributed by atoms with Gasteiger partial charge in [-0.2, -0.15) is 0 Å². The van der Waals surface area contributed by atoms with Crippen LogP contribution >= 0.6 is 0 Å². The van der Waals surface area contributed by atoms with Crippen LogP contribution in [-0.2, 0) is 23.3 Å². The first kappa shape index (κ1) is 10.8. The normalized spacial score (nSPS) is 7.88. The maximum Gasteiger partial charge on any atom is 0.227 e. The van der Waals surface area contributed by atoms with E-state index in [0.29, 0.717) is 0 Å². The number of rotatable bonds is 1. The second-order valence-electron chi connectivity index (χ2n) is 1.45. The molecule has 0 aromatic heterocycles. The average molecular weight is 155 g/mol. The molecular formula is C4H10NO2V-. The number of ether oxygens (including phenoxy) is 1. The smallest absolute Gasteiger partial charge is 0.227 e. The number of amides is 1. The summed E-state index contributed by atoms with van der Waals surface area (Å²) >= 11 is 0. The number of hydrogen-bond acceptors (Lipinski definition) is 2. The predicted molar refractivity (Wildman–Crippen MR) is 28.1 cm³/mol. The van der Waals surface area contributed by atoms with Crippen molar-refractivity contribution in [2.45, 2.75) is 20.0 Å². The minimum Gasteiger partial charge on any atom is -0.632 e. The molecule has 0 heterocycles. The Morgan fingerprint density at radius 2 is 2.12 bits per heavy atom. The summed E-state index contributed by atoms with van der Waals surface area (Å²) in [5, 5.41) is 0. The van der Waals surface area contributed by atoms with Crippen molar-refractivity contribution in [3.63, 3.8) is 0 Å². The Kier molecular flexibility index (Phi) is 6.73. The zero-order valence-electron chi connectivity index (χ0n) is 4.84. The molecule has 0 saturated heterocycles. The van der Waals surface area contributed by atoms with Crippen LogP contribution in [0.1, 0.15) is 15.3 Å². The molecule has 1 radical (unpaired) electrons. The topological polar surface area (TPSA) is 50.1 Å². The Balaban J connectivity index is -0.000000180. The van der Waals surface area contributed by atoms with Crippen LogP contribution in [0.4, 0.5) is 4.79 Å². The molecule has 0 aromatic carbocycles. The Labute approximate surface area is 61.9 Å². The van der Waals surface area contributed by atoms with Gasteiger partial charge in [0, 0.05) is 20.0 Å². The number of carbonyl (C=O) groups is 1. The van der Waals surface area contributed by atoms with Crippen LogP contribution in [0.25, 0.3) is 5.73 Å². The van der Waals surface area contributed by atoms with E-state index in [9.17, 15) is 4.79 Å². The van der Waals surface area contributed by atoms with E-state index >= 15 is 0 Å². The summed E-state index contributed by atoms with van der Waals surface area (Å²) in [5.74, 6) is 0. The van der Waals surface area contributed by atoms with Gasteiger partial charge in [0.25, 0.3) is 0 Å². The minimum absolute atomic E-state index is 0. The Bertz CT molecular complexity index is 79.0. The van der Waals surface area contributed by atoms with Crippen LogP contribution in [0.5, 0.6) is 0 Å². The maximum absolute atomic E-state index is 9.70. The van der Waals surface area contributed by atoms with E-state index in [1.165, 1.54) is 0 Å². The van der Waals surface area contributed by atoms with Gasteiger partial charge in [-0.25, -0.2) is 0 Å². The molecule has 0 aliphatic rings. The molecule has 0 saturated carbocycles. The van der Waals surface area contributed by atoms with Crippen LogP contribution in [-0.4, -0.2) is 12.2 Å². The quantitative estimate of drug-likeness (QED) is 0.579. The van der Waals surface area contributed by atoms with Crippen LogP contribution in [0.15, 0.2) is 0 Å². The first-order valence-corrected chi connectivity index (χ1v) is 2.05. The predicted octanol–water partition coefficient (Wildman–Crippen LogP) is 1.83. The van der Waals surface area contributed by atoms with E-state index in [4.69, 9.17) is 5.73 Å². The fourth-order valence-corrected chi connectivity index (χ4v) is 0.214. The van der Waals surface area contributed by atoms with Gasteiger partial charge in [0.1, 0.15) is 0 Å². The van der Waals surface area contributed by atoms with Gasteiger partial charge in [0.15, 0.2) is 0 Å². The Hall–Kier alpha value is -0.146. The van der Waals surface area contributed by atoms with Crippen molar-refractivity contribution < 1.29 is 29.5 Å². The van der Waals surface area contributed by atoms with Crippen molar-refractivity contribution in [1.82, 2.24) is 0 Å². The molecule has 49 valence electrons. The van der Waals surface area contributed by atoms with Crippen LogP contribution < -0.4 is 0 Å². The summed E-state index contributed by atoms with van der Waals surface area (Å²) in [5.41, 5.74) is 6.25. The molecule has 8 heavy (non-hydrogen) atoms. The fraction of sp³-hybridized carbons (Fsp3) is 0.750. The van der Waals surface area contributed by atoms with Gasteiger partial charge in [0.2, 0.25) is 6.09 Å². The van der Waals surface area contributed by atoms with Crippen molar-refractivity contribution in [2.75, 3.05) is 0 Å². The van der Waals surface area contributed by atoms with E-state index < -0.39 is 6.09 Å². The molecule has 0 atom stereocenters. The first-order chi connectivity index (χ1) is 3.13. The van der Waals surface area contributed by atoms with Crippen molar-refractivity contribution in [1.29, 1.82) is 0 Å². The molecule has 3 nitrogen and oxygen atoms in total. The molecule has 0 rings (SSSR count). The molecular weight excluding hydrogens is 145 g/mol.